The van der Waals surface area contributed by atoms with Gasteiger partial charge in [0.2, 0.25) is 11.8 Å². The van der Waals surface area contributed by atoms with E-state index in [0.717, 1.165) is 22.3 Å². The van der Waals surface area contributed by atoms with Crippen molar-refractivity contribution in [1.82, 2.24) is 5.32 Å². The van der Waals surface area contributed by atoms with E-state index in [1.807, 2.05) is 54.6 Å². The Labute approximate surface area is 189 Å². The van der Waals surface area contributed by atoms with E-state index >= 15 is 0 Å². The molecule has 156 valence electrons. The summed E-state index contributed by atoms with van der Waals surface area (Å²) in [6, 6.07) is 22.6. The Morgan fingerprint density at radius 1 is 0.844 bits per heavy atom. The molecule has 1 saturated heterocycles. The first-order chi connectivity index (χ1) is 15.5. The van der Waals surface area contributed by atoms with E-state index in [1.54, 1.807) is 24.3 Å². The molecule has 7 rings (SSSR count). The molecule has 0 saturated carbocycles. The molecule has 2 bridgehead atoms. The molecule has 5 heteroatoms. The first-order valence-corrected chi connectivity index (χ1v) is 10.9. The van der Waals surface area contributed by atoms with E-state index in [0.29, 0.717) is 10.6 Å². The van der Waals surface area contributed by atoms with Crippen molar-refractivity contribution in [2.45, 2.75) is 11.3 Å². The van der Waals surface area contributed by atoms with E-state index in [9.17, 15) is 14.4 Å². The lowest BCUT2D eigenvalue weighted by Gasteiger charge is -2.53. The number of amides is 2. The molecule has 2 unspecified atom stereocenters. The van der Waals surface area contributed by atoms with Gasteiger partial charge in [0, 0.05) is 16.5 Å². The summed E-state index contributed by atoms with van der Waals surface area (Å²) in [4.78, 5) is 39.1. The van der Waals surface area contributed by atoms with Crippen LogP contribution in [0.5, 0.6) is 0 Å². The molecule has 3 aromatic rings. The maximum absolute atomic E-state index is 13.1. The van der Waals surface area contributed by atoms with Gasteiger partial charge in [0.15, 0.2) is 5.78 Å². The highest BCUT2D eigenvalue weighted by Gasteiger charge is 2.65. The highest BCUT2D eigenvalue weighted by molar-refractivity contribution is 6.30. The second-order valence-electron chi connectivity index (χ2n) is 8.58. The van der Waals surface area contributed by atoms with Crippen LogP contribution in [0, 0.1) is 11.8 Å². The fourth-order valence-electron chi connectivity index (χ4n) is 5.96. The average molecular weight is 440 g/mol. The third-order valence-corrected chi connectivity index (χ3v) is 7.40. The Morgan fingerprint density at radius 3 is 2.06 bits per heavy atom. The zero-order valence-electron chi connectivity index (χ0n) is 16.9. The van der Waals surface area contributed by atoms with Crippen molar-refractivity contribution in [3.8, 4) is 0 Å². The summed E-state index contributed by atoms with van der Waals surface area (Å²) in [5.41, 5.74) is 3.66. The molecule has 32 heavy (non-hydrogen) atoms. The van der Waals surface area contributed by atoms with Crippen molar-refractivity contribution in [3.63, 3.8) is 0 Å². The molecule has 1 N–H and O–H groups in total. The van der Waals surface area contributed by atoms with Gasteiger partial charge >= 0.3 is 0 Å². The maximum Gasteiger partial charge on any atom is 0.232 e. The second-order valence-corrected chi connectivity index (χ2v) is 9.02. The summed E-state index contributed by atoms with van der Waals surface area (Å²) in [6.07, 6.45) is 3.38. The molecule has 3 aromatic carbocycles. The summed E-state index contributed by atoms with van der Waals surface area (Å²) in [5.74, 6) is -1.98. The number of halogens is 1. The normalized spacial score (nSPS) is 27.1. The van der Waals surface area contributed by atoms with Crippen LogP contribution in [0.2, 0.25) is 5.02 Å². The zero-order valence-corrected chi connectivity index (χ0v) is 17.7. The van der Waals surface area contributed by atoms with Crippen molar-refractivity contribution in [2.24, 2.45) is 11.8 Å². The number of imide groups is 1. The molecular weight excluding hydrogens is 422 g/mol. The molecule has 1 heterocycles. The molecule has 0 spiro atoms. The minimum Gasteiger partial charge on any atom is -0.296 e. The Hall–Kier alpha value is -3.50. The lowest BCUT2D eigenvalue weighted by Crippen LogP contribution is -2.52. The molecule has 2 atom stereocenters. The highest BCUT2D eigenvalue weighted by Crippen LogP contribution is 2.63. The minimum absolute atomic E-state index is 0.180. The van der Waals surface area contributed by atoms with Gasteiger partial charge < -0.3 is 0 Å². The monoisotopic (exact) mass is 439 g/mol. The molecule has 4 aliphatic rings. The van der Waals surface area contributed by atoms with Gasteiger partial charge in [-0.05, 0) is 52.6 Å². The smallest absolute Gasteiger partial charge is 0.232 e. The van der Waals surface area contributed by atoms with Gasteiger partial charge in [-0.2, -0.15) is 0 Å². The molecule has 1 aliphatic heterocycles. The summed E-state index contributed by atoms with van der Waals surface area (Å²) in [6.45, 7) is 0. The van der Waals surface area contributed by atoms with Gasteiger partial charge in [0.05, 0.1) is 17.3 Å². The number of rotatable bonds is 3. The van der Waals surface area contributed by atoms with E-state index in [4.69, 9.17) is 11.6 Å². The number of ketones is 1. The predicted octanol–water partition coefficient (Wildman–Crippen LogP) is 4.41. The first-order valence-electron chi connectivity index (χ1n) is 10.5. The fourth-order valence-corrected chi connectivity index (χ4v) is 6.08. The van der Waals surface area contributed by atoms with Crippen molar-refractivity contribution < 1.29 is 14.4 Å². The van der Waals surface area contributed by atoms with E-state index < -0.39 is 17.3 Å². The van der Waals surface area contributed by atoms with E-state index in [-0.39, 0.29) is 23.5 Å². The number of nitrogens with one attached hydrogen (secondary N) is 1. The van der Waals surface area contributed by atoms with Crippen LogP contribution in [-0.2, 0) is 15.0 Å². The van der Waals surface area contributed by atoms with Crippen LogP contribution in [0.15, 0.2) is 84.9 Å². The quantitative estimate of drug-likeness (QED) is 0.373. The van der Waals surface area contributed by atoms with E-state index in [2.05, 4.69) is 5.32 Å². The number of carbonyl (C=O) groups is 3. The molecular formula is C27H18ClNO3. The predicted molar refractivity (Wildman–Crippen MR) is 121 cm³/mol. The third-order valence-electron chi connectivity index (χ3n) is 7.15. The van der Waals surface area contributed by atoms with Crippen molar-refractivity contribution in [2.75, 3.05) is 0 Å². The zero-order chi connectivity index (χ0) is 22.0. The molecule has 0 radical (unpaired) electrons. The van der Waals surface area contributed by atoms with Crippen LogP contribution in [-0.4, -0.2) is 17.6 Å². The second kappa shape index (κ2) is 6.75. The van der Waals surface area contributed by atoms with Crippen molar-refractivity contribution in [1.29, 1.82) is 0 Å². The molecule has 4 nitrogen and oxygen atoms in total. The summed E-state index contributed by atoms with van der Waals surface area (Å²) >= 11 is 5.96. The number of allylic oxidation sites excluding steroid dienone is 2. The largest absolute Gasteiger partial charge is 0.296 e. The van der Waals surface area contributed by atoms with Crippen LogP contribution < -0.4 is 5.32 Å². The standard InChI is InChI=1S/C27H18ClNO3/c28-16-11-9-15(10-12-16)21(30)13-14-27-19-7-3-1-5-17(19)22(18-6-2-4-8-20(18)27)23-24(27)26(32)29-25(23)31/h1-14,22-24H,(H,29,31,32)/b14-13+. The Kier molecular flexibility index (Phi) is 4.05. The SMILES string of the molecule is O=C(/C=C/C12c3ccccc3C(c3ccccc31)C1C(=O)NC(=O)C12)c1ccc(Cl)cc1. The van der Waals surface area contributed by atoms with Gasteiger partial charge in [0.25, 0.3) is 0 Å². The van der Waals surface area contributed by atoms with Crippen LogP contribution in [0.25, 0.3) is 0 Å². The molecule has 2 amide bonds. The molecule has 3 aliphatic carbocycles. The topological polar surface area (TPSA) is 63.2 Å². The summed E-state index contributed by atoms with van der Waals surface area (Å²) in [7, 11) is 0. The molecule has 0 aromatic heterocycles. The van der Waals surface area contributed by atoms with E-state index in [1.165, 1.54) is 6.08 Å². The number of benzene rings is 3. The summed E-state index contributed by atoms with van der Waals surface area (Å²) < 4.78 is 0. The minimum atomic E-state index is -0.898. The first kappa shape index (κ1) is 19.2. The van der Waals surface area contributed by atoms with Gasteiger partial charge in [-0.3, -0.25) is 19.7 Å². The van der Waals surface area contributed by atoms with Crippen molar-refractivity contribution >= 4 is 29.2 Å². The fraction of sp³-hybridized carbons (Fsp3) is 0.148. The van der Waals surface area contributed by atoms with Crippen LogP contribution in [0.1, 0.15) is 38.5 Å². The average Bonchev–Trinajstić information content (AvgIpc) is 3.13. The summed E-state index contributed by atoms with van der Waals surface area (Å²) in [5, 5.41) is 3.13. The lowest BCUT2D eigenvalue weighted by molar-refractivity contribution is -0.126. The van der Waals surface area contributed by atoms with Gasteiger partial charge in [-0.15, -0.1) is 0 Å². The van der Waals surface area contributed by atoms with Crippen LogP contribution >= 0.6 is 11.6 Å². The van der Waals surface area contributed by atoms with Crippen LogP contribution in [0.4, 0.5) is 0 Å². The van der Waals surface area contributed by atoms with Gasteiger partial charge in [0.1, 0.15) is 0 Å². The van der Waals surface area contributed by atoms with Gasteiger partial charge in [-0.1, -0.05) is 66.2 Å². The number of hydrogen-bond acceptors (Lipinski definition) is 3. The number of hydrogen-bond donors (Lipinski definition) is 1. The Bertz CT molecular complexity index is 1290. The highest BCUT2D eigenvalue weighted by atomic mass is 35.5. The van der Waals surface area contributed by atoms with Gasteiger partial charge in [-0.25, -0.2) is 0 Å². The third kappa shape index (κ3) is 2.41. The Morgan fingerprint density at radius 2 is 1.44 bits per heavy atom. The lowest BCUT2D eigenvalue weighted by atomic mass is 9.47. The molecule has 1 fully saturated rings. The van der Waals surface area contributed by atoms with Crippen LogP contribution in [0.3, 0.4) is 0 Å². The Balaban J connectivity index is 1.60. The van der Waals surface area contributed by atoms with Crippen molar-refractivity contribution in [3.05, 3.63) is 118 Å². The maximum atomic E-state index is 13.1. The number of carbonyl (C=O) groups excluding carboxylic acids is 3.